The Balaban J connectivity index is 0.000000336. The minimum atomic E-state index is -0.707. The number of pyridine rings is 2. The minimum Gasteiger partial charge on any atom is -0.475 e. The topological polar surface area (TPSA) is 62.1 Å². The van der Waals surface area contributed by atoms with Crippen LogP contribution in [0.15, 0.2) is 150 Å². The summed E-state index contributed by atoms with van der Waals surface area (Å²) in [6.07, 6.45) is 3.83. The molecule has 50 heavy (non-hydrogen) atoms. The highest BCUT2D eigenvalue weighted by Gasteiger charge is 2.41. The molecule has 3 aromatic heterocycles. The van der Waals surface area contributed by atoms with Gasteiger partial charge in [-0.1, -0.05) is 91.0 Å². The van der Waals surface area contributed by atoms with Gasteiger partial charge in [0.25, 0.3) is 0 Å². The molecule has 4 aromatic carbocycles. The van der Waals surface area contributed by atoms with Gasteiger partial charge in [-0.25, -0.2) is 14.6 Å². The van der Waals surface area contributed by atoms with Gasteiger partial charge >= 0.3 is 0 Å². The second-order valence-electron chi connectivity index (χ2n) is 12.3. The molecule has 0 fully saturated rings. The first-order chi connectivity index (χ1) is 24.3. The first-order valence-electron chi connectivity index (χ1n) is 16.5. The number of fused-ring (bicyclic) bond motifs is 1. The molecule has 0 unspecified atom stereocenters. The highest BCUT2D eigenvalue weighted by atomic mass is 127. The molecule has 7 rings (SSSR count). The van der Waals surface area contributed by atoms with Crippen LogP contribution in [0.1, 0.15) is 44.4 Å². The van der Waals surface area contributed by atoms with E-state index in [9.17, 15) is 0 Å². The molecule has 0 saturated carbocycles. The Morgan fingerprint density at radius 2 is 1.12 bits per heavy atom. The van der Waals surface area contributed by atoms with Crippen molar-refractivity contribution in [3.8, 4) is 23.0 Å². The zero-order valence-electron chi connectivity index (χ0n) is 28.4. The predicted molar refractivity (Wildman–Crippen MR) is 214 cm³/mol. The zero-order chi connectivity index (χ0) is 35.1. The number of rotatable bonds is 9. The molecule has 0 spiro atoms. The fraction of sp³-hybridized carbons (Fsp3) is 0.167. The summed E-state index contributed by atoms with van der Waals surface area (Å²) in [4.78, 5) is 8.65. The van der Waals surface area contributed by atoms with E-state index in [1.807, 2.05) is 58.2 Å². The van der Waals surface area contributed by atoms with E-state index >= 15 is 0 Å². The summed E-state index contributed by atoms with van der Waals surface area (Å²) in [5.74, 6) is 1.28. The summed E-state index contributed by atoms with van der Waals surface area (Å²) in [5.41, 5.74) is 5.58. The van der Waals surface area contributed by atoms with E-state index < -0.39 is 5.54 Å². The molecule has 0 aliphatic heterocycles. The van der Waals surface area contributed by atoms with Gasteiger partial charge in [-0.3, -0.25) is 0 Å². The molecular formula is C42H38BrIN4O2. The van der Waals surface area contributed by atoms with Crippen LogP contribution in [0.3, 0.4) is 0 Å². The molecule has 0 atom stereocenters. The van der Waals surface area contributed by atoms with Crippen molar-refractivity contribution in [2.45, 2.75) is 45.4 Å². The fourth-order valence-corrected chi connectivity index (χ4v) is 6.69. The van der Waals surface area contributed by atoms with E-state index in [2.05, 4.69) is 162 Å². The maximum Gasteiger partial charge on any atom is 0.213 e. The number of hydrogen-bond donors (Lipinski definition) is 0. The highest BCUT2D eigenvalue weighted by molar-refractivity contribution is 14.1. The van der Waals surface area contributed by atoms with Crippen LogP contribution in [-0.2, 0) is 5.54 Å². The first kappa shape index (κ1) is 35.3. The normalized spacial score (nSPS) is 11.4. The lowest BCUT2D eigenvalue weighted by Crippen LogP contribution is -2.38. The summed E-state index contributed by atoms with van der Waals surface area (Å²) < 4.78 is 15.5. The molecule has 0 amide bonds. The molecule has 252 valence electrons. The van der Waals surface area contributed by atoms with Gasteiger partial charge in [-0.15, -0.1) is 0 Å². The maximum atomic E-state index is 5.81. The van der Waals surface area contributed by atoms with Gasteiger partial charge in [0, 0.05) is 43.5 Å². The van der Waals surface area contributed by atoms with Crippen LogP contribution in [-0.4, -0.2) is 32.0 Å². The van der Waals surface area contributed by atoms with E-state index in [0.29, 0.717) is 11.8 Å². The van der Waals surface area contributed by atoms with Crippen molar-refractivity contribution in [2.75, 3.05) is 0 Å². The second-order valence-corrected chi connectivity index (χ2v) is 14.4. The third-order valence-electron chi connectivity index (χ3n) is 7.96. The number of ether oxygens (including phenoxy) is 2. The third kappa shape index (κ3) is 7.76. The average molecular weight is 838 g/mol. The number of nitrogens with zero attached hydrogens (tertiary/aromatic N) is 4. The molecule has 6 nitrogen and oxygen atoms in total. The van der Waals surface area contributed by atoms with Crippen molar-refractivity contribution in [1.29, 1.82) is 0 Å². The minimum absolute atomic E-state index is 0.0631. The lowest BCUT2D eigenvalue weighted by molar-refractivity contribution is 0.232. The van der Waals surface area contributed by atoms with Crippen molar-refractivity contribution in [3.05, 3.63) is 171 Å². The molecule has 3 heterocycles. The van der Waals surface area contributed by atoms with Gasteiger partial charge in [0.15, 0.2) is 0 Å². The van der Waals surface area contributed by atoms with Crippen LogP contribution in [0.2, 0.25) is 0 Å². The molecule has 0 bridgehead atoms. The van der Waals surface area contributed by atoms with Crippen molar-refractivity contribution in [3.63, 3.8) is 0 Å². The van der Waals surface area contributed by atoms with Crippen molar-refractivity contribution >= 4 is 49.4 Å². The predicted octanol–water partition coefficient (Wildman–Crippen LogP) is 11.0. The van der Waals surface area contributed by atoms with Crippen molar-refractivity contribution < 1.29 is 9.47 Å². The summed E-state index contributed by atoms with van der Waals surface area (Å²) in [7, 11) is 0. The van der Waals surface area contributed by atoms with E-state index in [0.717, 1.165) is 46.9 Å². The smallest absolute Gasteiger partial charge is 0.213 e. The van der Waals surface area contributed by atoms with Crippen LogP contribution in [0, 0.1) is 3.57 Å². The Kier molecular flexibility index (Phi) is 11.3. The first-order valence-corrected chi connectivity index (χ1v) is 18.4. The standard InChI is InChI=1S/C34H28IN3O.C8H10BrNO/c1-24(2)39-32-21-18-25(23-36-32)33-30-22-29(35)19-20-31(30)38(37-33)34(26-12-6-3-7-13-26,27-14-8-4-9-15-27)28-16-10-5-11-17-28;1-6(2)11-8-4-3-7(9)5-10-8/h3-24H,1-2H3;3-6H,1-2H3. The third-order valence-corrected chi connectivity index (χ3v) is 9.10. The zero-order valence-corrected chi connectivity index (χ0v) is 32.1. The van der Waals surface area contributed by atoms with E-state index in [4.69, 9.17) is 14.6 Å². The summed E-state index contributed by atoms with van der Waals surface area (Å²) in [5, 5.41) is 6.50. The number of hydrogen-bond acceptors (Lipinski definition) is 5. The Morgan fingerprint density at radius 3 is 1.56 bits per heavy atom. The lowest BCUT2D eigenvalue weighted by atomic mass is 9.77. The van der Waals surface area contributed by atoms with Gasteiger partial charge in [0.05, 0.1) is 17.7 Å². The lowest BCUT2D eigenvalue weighted by Gasteiger charge is -2.37. The second kappa shape index (κ2) is 16.0. The molecule has 0 saturated heterocycles. The summed E-state index contributed by atoms with van der Waals surface area (Å²) >= 11 is 5.67. The highest BCUT2D eigenvalue weighted by Crippen LogP contribution is 2.44. The Morgan fingerprint density at radius 1 is 0.620 bits per heavy atom. The van der Waals surface area contributed by atoms with Crippen molar-refractivity contribution in [1.82, 2.24) is 19.7 Å². The van der Waals surface area contributed by atoms with E-state index in [-0.39, 0.29) is 12.2 Å². The molecule has 0 aliphatic rings. The Hall–Kier alpha value is -4.54. The van der Waals surface area contributed by atoms with Crippen LogP contribution < -0.4 is 9.47 Å². The van der Waals surface area contributed by atoms with Gasteiger partial charge in [-0.2, -0.15) is 5.10 Å². The Labute approximate surface area is 315 Å². The van der Waals surface area contributed by atoms with E-state index in [1.165, 1.54) is 0 Å². The number of benzene rings is 4. The van der Waals surface area contributed by atoms with E-state index in [1.54, 1.807) is 6.20 Å². The maximum absolute atomic E-state index is 5.81. The van der Waals surface area contributed by atoms with Crippen LogP contribution in [0.5, 0.6) is 11.8 Å². The van der Waals surface area contributed by atoms with Crippen LogP contribution >= 0.6 is 38.5 Å². The molecule has 7 aromatic rings. The van der Waals surface area contributed by atoms with Gasteiger partial charge in [0.1, 0.15) is 11.2 Å². The SMILES string of the molecule is CC(C)Oc1ccc(-c2nn(C(c3ccccc3)(c3ccccc3)c3ccccc3)c3ccc(I)cc23)cn1.CC(C)Oc1ccc(Br)cn1. The summed E-state index contributed by atoms with van der Waals surface area (Å²) in [6.45, 7) is 7.96. The molecule has 0 aliphatic carbocycles. The number of aromatic nitrogens is 4. The van der Waals surface area contributed by atoms with Gasteiger partial charge in [-0.05, 0) is 113 Å². The van der Waals surface area contributed by atoms with Crippen LogP contribution in [0.25, 0.3) is 22.2 Å². The summed E-state index contributed by atoms with van der Waals surface area (Å²) in [6, 6.07) is 46.2. The molecule has 8 heteroatoms. The average Bonchev–Trinajstić information content (AvgIpc) is 3.50. The monoisotopic (exact) mass is 836 g/mol. The molecule has 0 radical (unpaired) electrons. The van der Waals surface area contributed by atoms with Crippen molar-refractivity contribution in [2.24, 2.45) is 0 Å². The Bertz CT molecular complexity index is 2020. The van der Waals surface area contributed by atoms with Crippen LogP contribution in [0.4, 0.5) is 0 Å². The largest absolute Gasteiger partial charge is 0.475 e. The quantitative estimate of drug-likeness (QED) is 0.107. The van der Waals surface area contributed by atoms with Gasteiger partial charge in [0.2, 0.25) is 11.8 Å². The fourth-order valence-electron chi connectivity index (χ4n) is 5.97. The molecular weight excluding hydrogens is 799 g/mol. The molecule has 0 N–H and O–H groups in total. The van der Waals surface area contributed by atoms with Gasteiger partial charge < -0.3 is 9.47 Å². The number of halogens is 2.